The lowest BCUT2D eigenvalue weighted by Gasteiger charge is -2.34. The second kappa shape index (κ2) is 6.10. The SMILES string of the molecule is [SiH3]C1(CCc2c3ccccc3cc3ccccc23)CCCCO1. The van der Waals surface area contributed by atoms with Crippen LogP contribution in [0, 0.1) is 0 Å². The van der Waals surface area contributed by atoms with E-state index < -0.39 is 0 Å². The fraction of sp³-hybridized carbons (Fsp3) is 0.333. The first-order valence-electron chi connectivity index (χ1n) is 8.79. The van der Waals surface area contributed by atoms with E-state index in [0.29, 0.717) is 0 Å². The van der Waals surface area contributed by atoms with Crippen LogP contribution in [0.4, 0.5) is 0 Å². The highest BCUT2D eigenvalue weighted by Crippen LogP contribution is 2.32. The van der Waals surface area contributed by atoms with Gasteiger partial charge in [0.15, 0.2) is 0 Å². The van der Waals surface area contributed by atoms with E-state index in [1.807, 2.05) is 0 Å². The summed E-state index contributed by atoms with van der Waals surface area (Å²) in [6.07, 6.45) is 6.10. The van der Waals surface area contributed by atoms with Gasteiger partial charge in [-0.1, -0.05) is 48.5 Å². The van der Waals surface area contributed by atoms with Crippen molar-refractivity contribution in [2.24, 2.45) is 0 Å². The molecule has 1 nitrogen and oxygen atoms in total. The van der Waals surface area contributed by atoms with Crippen LogP contribution in [0.5, 0.6) is 0 Å². The second-order valence-electron chi connectivity index (χ2n) is 7.05. The summed E-state index contributed by atoms with van der Waals surface area (Å²) in [4.78, 5) is 0. The van der Waals surface area contributed by atoms with E-state index in [1.54, 1.807) is 0 Å². The Balaban J connectivity index is 1.77. The van der Waals surface area contributed by atoms with E-state index in [2.05, 4.69) is 54.6 Å². The highest BCUT2D eigenvalue weighted by molar-refractivity contribution is 6.14. The van der Waals surface area contributed by atoms with Crippen molar-refractivity contribution in [3.05, 3.63) is 60.2 Å². The zero-order chi connectivity index (χ0) is 15.7. The molecule has 0 amide bonds. The number of hydrogen-bond donors (Lipinski definition) is 0. The largest absolute Gasteiger partial charge is 0.380 e. The monoisotopic (exact) mass is 320 g/mol. The molecule has 1 atom stereocenters. The molecule has 0 aliphatic carbocycles. The third-order valence-electron chi connectivity index (χ3n) is 5.34. The molecule has 1 aliphatic heterocycles. The topological polar surface area (TPSA) is 9.23 Å². The number of ether oxygens (including phenoxy) is 1. The van der Waals surface area contributed by atoms with Crippen molar-refractivity contribution in [1.29, 1.82) is 0 Å². The van der Waals surface area contributed by atoms with Crippen LogP contribution >= 0.6 is 0 Å². The number of benzene rings is 3. The molecule has 1 heterocycles. The lowest BCUT2D eigenvalue weighted by molar-refractivity contribution is -0.0222. The van der Waals surface area contributed by atoms with Gasteiger partial charge in [-0.3, -0.25) is 0 Å². The van der Waals surface area contributed by atoms with Gasteiger partial charge in [0, 0.05) is 22.1 Å². The van der Waals surface area contributed by atoms with E-state index in [-0.39, 0.29) is 5.22 Å². The summed E-state index contributed by atoms with van der Waals surface area (Å²) in [5, 5.41) is 5.72. The zero-order valence-corrected chi connectivity index (χ0v) is 15.8. The van der Waals surface area contributed by atoms with Gasteiger partial charge in [-0.05, 0) is 65.3 Å². The van der Waals surface area contributed by atoms with Crippen molar-refractivity contribution in [2.75, 3.05) is 6.61 Å². The van der Waals surface area contributed by atoms with Gasteiger partial charge in [-0.25, -0.2) is 0 Å². The Labute approximate surface area is 141 Å². The maximum absolute atomic E-state index is 6.17. The molecular formula is C21H24OSi. The third-order valence-corrected chi connectivity index (χ3v) is 6.63. The Morgan fingerprint density at radius 2 is 1.57 bits per heavy atom. The molecule has 3 aromatic rings. The molecule has 0 bridgehead atoms. The van der Waals surface area contributed by atoms with Crippen molar-refractivity contribution in [3.8, 4) is 0 Å². The molecule has 1 fully saturated rings. The molecule has 0 radical (unpaired) electrons. The standard InChI is InChI=1S/C21H24OSi/c23-21(12-5-6-14-22-21)13-11-20-18-9-3-1-7-16(18)15-17-8-2-4-10-19(17)20/h1-4,7-10,15H,5-6,11-14H2,23H3. The van der Waals surface area contributed by atoms with E-state index in [1.165, 1.54) is 46.4 Å². The predicted octanol–water partition coefficient (Wildman–Crippen LogP) is 4.19. The smallest absolute Gasteiger partial charge is 0.0489 e. The van der Waals surface area contributed by atoms with Crippen molar-refractivity contribution < 1.29 is 4.74 Å². The van der Waals surface area contributed by atoms with Gasteiger partial charge < -0.3 is 4.74 Å². The second-order valence-corrected chi connectivity index (χ2v) is 8.88. The lowest BCUT2D eigenvalue weighted by atomic mass is 9.92. The molecule has 4 rings (SSSR count). The van der Waals surface area contributed by atoms with Crippen LogP contribution in [0.3, 0.4) is 0 Å². The van der Waals surface area contributed by atoms with Crippen LogP contribution in [-0.4, -0.2) is 22.1 Å². The van der Waals surface area contributed by atoms with Gasteiger partial charge in [0.25, 0.3) is 0 Å². The fourth-order valence-electron chi connectivity index (χ4n) is 3.96. The molecule has 23 heavy (non-hydrogen) atoms. The number of hydrogen-bond acceptors (Lipinski definition) is 1. The molecule has 0 spiro atoms. The van der Waals surface area contributed by atoms with Crippen LogP contribution in [0.25, 0.3) is 21.5 Å². The minimum atomic E-state index is 0.191. The average Bonchev–Trinajstić information content (AvgIpc) is 2.59. The molecular weight excluding hydrogens is 296 g/mol. The van der Waals surface area contributed by atoms with E-state index >= 15 is 0 Å². The minimum Gasteiger partial charge on any atom is -0.380 e. The first-order chi connectivity index (χ1) is 11.3. The van der Waals surface area contributed by atoms with E-state index in [9.17, 15) is 0 Å². The molecule has 0 N–H and O–H groups in total. The summed E-state index contributed by atoms with van der Waals surface area (Å²) in [5.74, 6) is 0. The first-order valence-corrected chi connectivity index (χ1v) is 9.79. The van der Waals surface area contributed by atoms with E-state index in [0.717, 1.165) is 29.7 Å². The van der Waals surface area contributed by atoms with Gasteiger partial charge >= 0.3 is 0 Å². The predicted molar refractivity (Wildman–Crippen MR) is 102 cm³/mol. The Morgan fingerprint density at radius 1 is 0.913 bits per heavy atom. The number of fused-ring (bicyclic) bond motifs is 2. The third kappa shape index (κ3) is 2.93. The quantitative estimate of drug-likeness (QED) is 0.519. The van der Waals surface area contributed by atoms with Crippen molar-refractivity contribution in [3.63, 3.8) is 0 Å². The average molecular weight is 321 g/mol. The lowest BCUT2D eigenvalue weighted by Crippen LogP contribution is -2.37. The van der Waals surface area contributed by atoms with Gasteiger partial charge in [0.05, 0.1) is 0 Å². The van der Waals surface area contributed by atoms with Crippen molar-refractivity contribution in [2.45, 2.75) is 37.3 Å². The summed E-state index contributed by atoms with van der Waals surface area (Å²) < 4.78 is 6.17. The molecule has 3 aromatic carbocycles. The fourth-order valence-corrected chi connectivity index (χ4v) is 4.76. The van der Waals surface area contributed by atoms with Gasteiger partial charge in [0.2, 0.25) is 0 Å². The molecule has 0 saturated carbocycles. The molecule has 1 aliphatic rings. The Hall–Kier alpha value is -1.64. The zero-order valence-electron chi connectivity index (χ0n) is 13.8. The van der Waals surface area contributed by atoms with Crippen LogP contribution in [0.2, 0.25) is 0 Å². The molecule has 2 heteroatoms. The summed E-state index contributed by atoms with van der Waals surface area (Å²) in [6.45, 7) is 0.958. The number of rotatable bonds is 3. The Morgan fingerprint density at radius 3 is 2.17 bits per heavy atom. The summed E-state index contributed by atoms with van der Waals surface area (Å²) in [5.41, 5.74) is 1.50. The Kier molecular flexibility index (Phi) is 3.96. The van der Waals surface area contributed by atoms with Crippen LogP contribution in [0.15, 0.2) is 54.6 Å². The minimum absolute atomic E-state index is 0.191. The first kappa shape index (κ1) is 14.9. The van der Waals surface area contributed by atoms with Crippen molar-refractivity contribution in [1.82, 2.24) is 0 Å². The van der Waals surface area contributed by atoms with Crippen LogP contribution in [0.1, 0.15) is 31.2 Å². The van der Waals surface area contributed by atoms with Gasteiger partial charge in [-0.2, -0.15) is 0 Å². The normalized spacial score (nSPS) is 21.9. The summed E-state index contributed by atoms with van der Waals surface area (Å²) in [6, 6.07) is 19.9. The van der Waals surface area contributed by atoms with E-state index in [4.69, 9.17) is 4.74 Å². The van der Waals surface area contributed by atoms with Gasteiger partial charge in [-0.15, -0.1) is 0 Å². The van der Waals surface area contributed by atoms with Gasteiger partial charge in [0.1, 0.15) is 0 Å². The maximum Gasteiger partial charge on any atom is 0.0489 e. The Bertz CT molecular complexity index is 779. The van der Waals surface area contributed by atoms with Crippen LogP contribution < -0.4 is 0 Å². The summed E-state index contributed by atoms with van der Waals surface area (Å²) >= 11 is 0. The molecule has 1 unspecified atom stereocenters. The highest BCUT2D eigenvalue weighted by atomic mass is 28.1. The van der Waals surface area contributed by atoms with Crippen molar-refractivity contribution >= 4 is 31.8 Å². The summed E-state index contributed by atoms with van der Waals surface area (Å²) in [7, 11) is 1.13. The highest BCUT2D eigenvalue weighted by Gasteiger charge is 2.27. The molecule has 0 aromatic heterocycles. The van der Waals surface area contributed by atoms with Crippen LogP contribution in [-0.2, 0) is 11.2 Å². The molecule has 1 saturated heterocycles. The molecule has 118 valence electrons. The maximum atomic E-state index is 6.17. The number of aryl methyl sites for hydroxylation is 1.